The van der Waals surface area contributed by atoms with Gasteiger partial charge in [-0.15, -0.1) is 19.0 Å². The Morgan fingerprint density at radius 3 is 2.63 bits per heavy atom. The van der Waals surface area contributed by atoms with Crippen LogP contribution in [0.15, 0.2) is 12.7 Å². The SMILES string of the molecule is C=CCN(CC(F)(F)F)C(=O)[C@H]1CCN[C@@H](C)C1.Cl. The van der Waals surface area contributed by atoms with Gasteiger partial charge in [-0.3, -0.25) is 4.79 Å². The van der Waals surface area contributed by atoms with Crippen molar-refractivity contribution in [1.82, 2.24) is 10.2 Å². The van der Waals surface area contributed by atoms with Crippen LogP contribution in [0.25, 0.3) is 0 Å². The van der Waals surface area contributed by atoms with Gasteiger partial charge in [0.25, 0.3) is 0 Å². The van der Waals surface area contributed by atoms with Crippen molar-refractivity contribution >= 4 is 18.3 Å². The van der Waals surface area contributed by atoms with Crippen LogP contribution in [0.2, 0.25) is 0 Å². The summed E-state index contributed by atoms with van der Waals surface area (Å²) in [6.07, 6.45) is -1.86. The second-order valence-corrected chi connectivity index (χ2v) is 4.70. The zero-order chi connectivity index (χ0) is 13.8. The average Bonchev–Trinajstić information content (AvgIpc) is 2.26. The standard InChI is InChI=1S/C12H19F3N2O.ClH/c1-3-6-17(8-12(13,14)15)11(18)10-4-5-16-9(2)7-10;/h3,9-10,16H,1,4-8H2,2H3;1H/t9-,10-;/m0./s1. The van der Waals surface area contributed by atoms with E-state index in [1.165, 1.54) is 6.08 Å². The Morgan fingerprint density at radius 1 is 1.53 bits per heavy atom. The molecule has 1 aliphatic heterocycles. The number of halogens is 4. The molecule has 1 saturated heterocycles. The summed E-state index contributed by atoms with van der Waals surface area (Å²) in [5, 5.41) is 3.17. The highest BCUT2D eigenvalue weighted by Crippen LogP contribution is 2.22. The van der Waals surface area contributed by atoms with Gasteiger partial charge < -0.3 is 10.2 Å². The number of alkyl halides is 3. The fourth-order valence-electron chi connectivity index (χ4n) is 2.22. The van der Waals surface area contributed by atoms with Crippen LogP contribution in [0.3, 0.4) is 0 Å². The van der Waals surface area contributed by atoms with E-state index < -0.39 is 18.6 Å². The summed E-state index contributed by atoms with van der Waals surface area (Å²) in [6, 6.07) is 0.171. The second kappa shape index (κ2) is 7.75. The van der Waals surface area contributed by atoms with Crippen LogP contribution in [0.5, 0.6) is 0 Å². The third-order valence-corrected chi connectivity index (χ3v) is 3.00. The first kappa shape index (κ1) is 18.2. The van der Waals surface area contributed by atoms with Gasteiger partial charge in [-0.2, -0.15) is 13.2 Å². The van der Waals surface area contributed by atoms with E-state index in [1.807, 2.05) is 6.92 Å². The summed E-state index contributed by atoms with van der Waals surface area (Å²) in [5.74, 6) is -0.732. The van der Waals surface area contributed by atoms with Crippen LogP contribution in [-0.2, 0) is 4.79 Å². The Labute approximate surface area is 117 Å². The molecule has 0 aromatic carbocycles. The second-order valence-electron chi connectivity index (χ2n) is 4.70. The van der Waals surface area contributed by atoms with Gasteiger partial charge in [0.1, 0.15) is 6.54 Å². The number of piperidine rings is 1. The fourth-order valence-corrected chi connectivity index (χ4v) is 2.22. The number of nitrogens with one attached hydrogen (secondary N) is 1. The molecule has 0 aliphatic carbocycles. The molecule has 0 bridgehead atoms. The lowest BCUT2D eigenvalue weighted by Crippen LogP contribution is -2.46. The molecule has 1 rings (SSSR count). The molecule has 19 heavy (non-hydrogen) atoms. The number of amides is 1. The molecule has 0 saturated carbocycles. The molecular weight excluding hydrogens is 281 g/mol. The van der Waals surface area contributed by atoms with E-state index in [1.54, 1.807) is 0 Å². The van der Waals surface area contributed by atoms with E-state index in [4.69, 9.17) is 0 Å². The van der Waals surface area contributed by atoms with E-state index >= 15 is 0 Å². The van der Waals surface area contributed by atoms with E-state index in [-0.39, 0.29) is 30.9 Å². The summed E-state index contributed by atoms with van der Waals surface area (Å²) in [5.41, 5.74) is 0. The van der Waals surface area contributed by atoms with Crippen molar-refractivity contribution in [3.05, 3.63) is 12.7 Å². The van der Waals surface area contributed by atoms with E-state index in [0.717, 1.165) is 4.90 Å². The molecule has 2 atom stereocenters. The third-order valence-electron chi connectivity index (χ3n) is 3.00. The number of carbonyl (C=O) groups excluding carboxylic acids is 1. The van der Waals surface area contributed by atoms with Crippen molar-refractivity contribution in [3.63, 3.8) is 0 Å². The predicted molar refractivity (Wildman–Crippen MR) is 70.3 cm³/mol. The molecule has 0 radical (unpaired) electrons. The van der Waals surface area contributed by atoms with Crippen LogP contribution in [-0.4, -0.2) is 42.7 Å². The van der Waals surface area contributed by atoms with Gasteiger partial charge in [-0.25, -0.2) is 0 Å². The Balaban J connectivity index is 0.00000324. The lowest BCUT2D eigenvalue weighted by molar-refractivity contribution is -0.163. The highest BCUT2D eigenvalue weighted by Gasteiger charge is 2.35. The first-order valence-electron chi connectivity index (χ1n) is 6.03. The van der Waals surface area contributed by atoms with Crippen LogP contribution in [0.1, 0.15) is 19.8 Å². The maximum atomic E-state index is 12.4. The van der Waals surface area contributed by atoms with Crippen molar-refractivity contribution in [2.75, 3.05) is 19.6 Å². The molecule has 1 heterocycles. The maximum absolute atomic E-state index is 12.4. The monoisotopic (exact) mass is 300 g/mol. The Bertz CT molecular complexity index is 310. The quantitative estimate of drug-likeness (QED) is 0.809. The molecular formula is C12H20ClF3N2O. The van der Waals surface area contributed by atoms with Crippen molar-refractivity contribution in [3.8, 4) is 0 Å². The first-order valence-corrected chi connectivity index (χ1v) is 6.03. The predicted octanol–water partition coefficient (Wildman–Crippen LogP) is 2.37. The highest BCUT2D eigenvalue weighted by atomic mass is 35.5. The van der Waals surface area contributed by atoms with Gasteiger partial charge in [0.15, 0.2) is 0 Å². The number of carbonyl (C=O) groups is 1. The minimum atomic E-state index is -4.36. The lowest BCUT2D eigenvalue weighted by atomic mass is 9.92. The van der Waals surface area contributed by atoms with Gasteiger partial charge in [0.2, 0.25) is 5.91 Å². The van der Waals surface area contributed by atoms with Crippen LogP contribution < -0.4 is 5.32 Å². The zero-order valence-electron chi connectivity index (χ0n) is 10.9. The summed E-state index contributed by atoms with van der Waals surface area (Å²) in [4.78, 5) is 12.9. The molecule has 0 aromatic rings. The van der Waals surface area contributed by atoms with Gasteiger partial charge in [0, 0.05) is 18.5 Å². The van der Waals surface area contributed by atoms with Gasteiger partial charge >= 0.3 is 6.18 Å². The summed E-state index contributed by atoms with van der Waals surface area (Å²) in [6.45, 7) is 4.75. The van der Waals surface area contributed by atoms with Crippen molar-refractivity contribution in [2.45, 2.75) is 32.0 Å². The molecule has 1 fully saturated rings. The van der Waals surface area contributed by atoms with E-state index in [0.29, 0.717) is 19.4 Å². The lowest BCUT2D eigenvalue weighted by Gasteiger charge is -2.32. The van der Waals surface area contributed by atoms with E-state index in [9.17, 15) is 18.0 Å². The molecule has 0 aromatic heterocycles. The Morgan fingerprint density at radius 2 is 2.16 bits per heavy atom. The molecule has 1 N–H and O–H groups in total. The molecule has 1 aliphatic rings. The summed E-state index contributed by atoms with van der Waals surface area (Å²) >= 11 is 0. The molecule has 1 amide bonds. The molecule has 0 spiro atoms. The van der Waals surface area contributed by atoms with Crippen LogP contribution in [0.4, 0.5) is 13.2 Å². The van der Waals surface area contributed by atoms with Gasteiger partial charge in [-0.1, -0.05) is 6.08 Å². The molecule has 7 heteroatoms. The number of rotatable bonds is 4. The number of hydrogen-bond acceptors (Lipinski definition) is 2. The van der Waals surface area contributed by atoms with Crippen LogP contribution >= 0.6 is 12.4 Å². The van der Waals surface area contributed by atoms with Gasteiger partial charge in [0.05, 0.1) is 0 Å². The summed E-state index contributed by atoms with van der Waals surface area (Å²) < 4.78 is 37.2. The molecule has 0 unspecified atom stereocenters. The first-order chi connectivity index (χ1) is 8.33. The largest absolute Gasteiger partial charge is 0.406 e. The third kappa shape index (κ3) is 6.29. The fraction of sp³-hybridized carbons (Fsp3) is 0.750. The molecule has 3 nitrogen and oxygen atoms in total. The van der Waals surface area contributed by atoms with Crippen LogP contribution in [0, 0.1) is 5.92 Å². The number of hydrogen-bond donors (Lipinski definition) is 1. The topological polar surface area (TPSA) is 32.3 Å². The maximum Gasteiger partial charge on any atom is 0.406 e. The van der Waals surface area contributed by atoms with E-state index in [2.05, 4.69) is 11.9 Å². The number of nitrogens with zero attached hydrogens (tertiary/aromatic N) is 1. The Hall–Kier alpha value is -0.750. The minimum absolute atomic E-state index is 0. The Kier molecular flexibility index (Phi) is 7.44. The van der Waals surface area contributed by atoms with Gasteiger partial charge in [-0.05, 0) is 26.3 Å². The zero-order valence-corrected chi connectivity index (χ0v) is 11.7. The van der Waals surface area contributed by atoms with Crippen molar-refractivity contribution in [2.24, 2.45) is 5.92 Å². The highest BCUT2D eigenvalue weighted by molar-refractivity contribution is 5.85. The minimum Gasteiger partial charge on any atom is -0.330 e. The summed E-state index contributed by atoms with van der Waals surface area (Å²) in [7, 11) is 0. The van der Waals surface area contributed by atoms with Crippen molar-refractivity contribution in [1.29, 1.82) is 0 Å². The average molecular weight is 301 g/mol. The molecule has 112 valence electrons. The normalized spacial score (nSPS) is 23.4. The van der Waals surface area contributed by atoms with Crippen molar-refractivity contribution < 1.29 is 18.0 Å². The smallest absolute Gasteiger partial charge is 0.330 e.